The zero-order valence-corrected chi connectivity index (χ0v) is 8.58. The Hall–Kier alpha value is -1.71. The van der Waals surface area contributed by atoms with Crippen molar-refractivity contribution < 1.29 is 9.90 Å². The summed E-state index contributed by atoms with van der Waals surface area (Å²) in [5, 5.41) is 12.5. The maximum absolute atomic E-state index is 11.7. The van der Waals surface area contributed by atoms with Crippen LogP contribution >= 0.6 is 0 Å². The number of hydrogen-bond acceptors (Lipinski definition) is 3. The number of amides is 1. The van der Waals surface area contributed by atoms with Gasteiger partial charge in [0, 0.05) is 5.54 Å². The Morgan fingerprint density at radius 2 is 2.20 bits per heavy atom. The molecule has 1 aromatic rings. The van der Waals surface area contributed by atoms with E-state index in [-0.39, 0.29) is 28.4 Å². The highest BCUT2D eigenvalue weighted by Crippen LogP contribution is 2.35. The van der Waals surface area contributed by atoms with E-state index < -0.39 is 0 Å². The second-order valence-electron chi connectivity index (χ2n) is 4.26. The monoisotopic (exact) mass is 206 g/mol. The quantitative estimate of drug-likeness (QED) is 0.503. The van der Waals surface area contributed by atoms with Crippen molar-refractivity contribution in [3.8, 4) is 5.75 Å². The highest BCUT2D eigenvalue weighted by molar-refractivity contribution is 5.99. The molecule has 1 saturated carbocycles. The lowest BCUT2D eigenvalue weighted by atomic mass is 10.1. The maximum Gasteiger partial charge on any atom is 0.255 e. The molecule has 4 heteroatoms. The Kier molecular flexibility index (Phi) is 2.07. The van der Waals surface area contributed by atoms with E-state index in [1.807, 2.05) is 6.92 Å². The molecule has 0 saturated heterocycles. The van der Waals surface area contributed by atoms with Gasteiger partial charge in [-0.25, -0.2) is 0 Å². The lowest BCUT2D eigenvalue weighted by Crippen LogP contribution is -2.34. The molecule has 1 aromatic carbocycles. The number of anilines is 1. The molecule has 4 nitrogen and oxygen atoms in total. The van der Waals surface area contributed by atoms with Crippen LogP contribution in [0.5, 0.6) is 5.75 Å². The number of nitrogens with two attached hydrogens (primary N) is 1. The van der Waals surface area contributed by atoms with Gasteiger partial charge in [0.2, 0.25) is 0 Å². The fourth-order valence-corrected chi connectivity index (χ4v) is 1.40. The van der Waals surface area contributed by atoms with Gasteiger partial charge in [0.1, 0.15) is 0 Å². The second kappa shape index (κ2) is 3.15. The van der Waals surface area contributed by atoms with Crippen molar-refractivity contribution >= 4 is 11.6 Å². The van der Waals surface area contributed by atoms with Crippen molar-refractivity contribution in [2.75, 3.05) is 5.73 Å². The number of benzene rings is 1. The van der Waals surface area contributed by atoms with Crippen LogP contribution in [0, 0.1) is 0 Å². The van der Waals surface area contributed by atoms with Crippen LogP contribution in [0.2, 0.25) is 0 Å². The van der Waals surface area contributed by atoms with E-state index in [4.69, 9.17) is 5.73 Å². The number of carbonyl (C=O) groups is 1. The summed E-state index contributed by atoms with van der Waals surface area (Å²) in [5.74, 6) is -0.404. The van der Waals surface area contributed by atoms with Crippen molar-refractivity contribution in [1.29, 1.82) is 0 Å². The molecule has 0 unspecified atom stereocenters. The molecule has 0 bridgehead atoms. The minimum absolute atomic E-state index is 0.0892. The Morgan fingerprint density at radius 3 is 2.80 bits per heavy atom. The van der Waals surface area contributed by atoms with E-state index in [1.54, 1.807) is 18.2 Å². The third-order valence-corrected chi connectivity index (χ3v) is 2.73. The number of phenols is 1. The minimum Gasteiger partial charge on any atom is -0.505 e. The molecule has 1 aliphatic rings. The van der Waals surface area contributed by atoms with Gasteiger partial charge in [0.25, 0.3) is 5.91 Å². The summed E-state index contributed by atoms with van der Waals surface area (Å²) in [6.45, 7) is 1.98. The summed E-state index contributed by atoms with van der Waals surface area (Å²) >= 11 is 0. The Bertz CT molecular complexity index is 411. The lowest BCUT2D eigenvalue weighted by molar-refractivity contribution is 0.0933. The second-order valence-corrected chi connectivity index (χ2v) is 4.26. The van der Waals surface area contributed by atoms with Gasteiger partial charge in [-0.3, -0.25) is 4.79 Å². The van der Waals surface area contributed by atoms with E-state index in [9.17, 15) is 9.90 Å². The summed E-state index contributed by atoms with van der Waals surface area (Å²) in [5.41, 5.74) is 5.88. The Balaban J connectivity index is 2.21. The summed E-state index contributed by atoms with van der Waals surface area (Å²) in [7, 11) is 0. The first-order valence-corrected chi connectivity index (χ1v) is 4.92. The van der Waals surface area contributed by atoms with Gasteiger partial charge in [-0.15, -0.1) is 0 Å². The van der Waals surface area contributed by atoms with Gasteiger partial charge < -0.3 is 16.2 Å². The smallest absolute Gasteiger partial charge is 0.255 e. The van der Waals surface area contributed by atoms with E-state index >= 15 is 0 Å². The average molecular weight is 206 g/mol. The molecule has 4 N–H and O–H groups in total. The SMILES string of the molecule is CC1(NC(=O)c2cccc(N)c2O)CC1. The topological polar surface area (TPSA) is 75.4 Å². The molecule has 80 valence electrons. The van der Waals surface area contributed by atoms with Crippen LogP contribution in [0.1, 0.15) is 30.1 Å². The van der Waals surface area contributed by atoms with E-state index in [2.05, 4.69) is 5.32 Å². The molecule has 1 fully saturated rings. The summed E-state index contributed by atoms with van der Waals surface area (Å²) in [6, 6.07) is 4.77. The van der Waals surface area contributed by atoms with E-state index in [0.29, 0.717) is 0 Å². The standard InChI is InChI=1S/C11H14N2O2/c1-11(5-6-11)13-10(15)7-3-2-4-8(12)9(7)14/h2-4,14H,5-6,12H2,1H3,(H,13,15). The summed E-state index contributed by atoms with van der Waals surface area (Å²) in [6.07, 6.45) is 1.98. The van der Waals surface area contributed by atoms with Crippen molar-refractivity contribution in [1.82, 2.24) is 5.32 Å². The van der Waals surface area contributed by atoms with Crippen LogP contribution in [0.4, 0.5) is 5.69 Å². The first kappa shape index (κ1) is 9.83. The number of para-hydroxylation sites is 1. The van der Waals surface area contributed by atoms with Crippen LogP contribution < -0.4 is 11.1 Å². The van der Waals surface area contributed by atoms with Gasteiger partial charge in [-0.1, -0.05) is 6.07 Å². The summed E-state index contributed by atoms with van der Waals surface area (Å²) < 4.78 is 0. The predicted molar refractivity (Wildman–Crippen MR) is 57.6 cm³/mol. The highest BCUT2D eigenvalue weighted by atomic mass is 16.3. The number of phenolic OH excluding ortho intramolecular Hbond substituents is 1. The van der Waals surface area contributed by atoms with E-state index in [0.717, 1.165) is 12.8 Å². The molecule has 0 heterocycles. The first-order chi connectivity index (χ1) is 7.02. The summed E-state index contributed by atoms with van der Waals surface area (Å²) in [4.78, 5) is 11.7. The maximum atomic E-state index is 11.7. The predicted octanol–water partition coefficient (Wildman–Crippen LogP) is 1.26. The number of aromatic hydroxyl groups is 1. The number of nitrogen functional groups attached to an aromatic ring is 1. The van der Waals surface area contributed by atoms with Crippen molar-refractivity contribution in [3.05, 3.63) is 23.8 Å². The molecule has 0 spiro atoms. The number of rotatable bonds is 2. The fraction of sp³-hybridized carbons (Fsp3) is 0.364. The molecular formula is C11H14N2O2. The molecule has 0 aliphatic heterocycles. The third-order valence-electron chi connectivity index (χ3n) is 2.73. The minimum atomic E-state index is -0.264. The van der Waals surface area contributed by atoms with Gasteiger partial charge in [0.05, 0.1) is 11.3 Å². The van der Waals surface area contributed by atoms with Crippen molar-refractivity contribution in [3.63, 3.8) is 0 Å². The number of nitrogens with one attached hydrogen (secondary N) is 1. The van der Waals surface area contributed by atoms with Crippen LogP contribution in [-0.2, 0) is 0 Å². The van der Waals surface area contributed by atoms with Crippen LogP contribution in [0.15, 0.2) is 18.2 Å². The van der Waals surface area contributed by atoms with Crippen molar-refractivity contribution in [2.24, 2.45) is 0 Å². The Morgan fingerprint density at radius 1 is 1.53 bits per heavy atom. The van der Waals surface area contributed by atoms with Gasteiger partial charge >= 0.3 is 0 Å². The van der Waals surface area contributed by atoms with Crippen LogP contribution in [0.25, 0.3) is 0 Å². The Labute approximate surface area is 88.1 Å². The number of hydrogen-bond donors (Lipinski definition) is 3. The zero-order chi connectivity index (χ0) is 11.1. The molecule has 0 atom stereocenters. The largest absolute Gasteiger partial charge is 0.505 e. The van der Waals surface area contributed by atoms with Gasteiger partial charge in [-0.05, 0) is 31.9 Å². The molecule has 0 radical (unpaired) electrons. The van der Waals surface area contributed by atoms with E-state index in [1.165, 1.54) is 0 Å². The molecule has 2 rings (SSSR count). The highest BCUT2D eigenvalue weighted by Gasteiger charge is 2.39. The van der Waals surface area contributed by atoms with Crippen molar-refractivity contribution in [2.45, 2.75) is 25.3 Å². The van der Waals surface area contributed by atoms with Crippen LogP contribution in [-0.4, -0.2) is 16.6 Å². The number of carbonyl (C=O) groups excluding carboxylic acids is 1. The van der Waals surface area contributed by atoms with Gasteiger partial charge in [0.15, 0.2) is 5.75 Å². The zero-order valence-electron chi connectivity index (χ0n) is 8.58. The lowest BCUT2D eigenvalue weighted by Gasteiger charge is -2.12. The normalized spacial score (nSPS) is 17.1. The molecule has 1 amide bonds. The average Bonchev–Trinajstić information content (AvgIpc) is 2.88. The molecular weight excluding hydrogens is 192 g/mol. The van der Waals surface area contributed by atoms with Crippen LogP contribution in [0.3, 0.4) is 0 Å². The first-order valence-electron chi connectivity index (χ1n) is 4.92. The molecule has 1 aliphatic carbocycles. The molecule has 0 aromatic heterocycles. The fourth-order valence-electron chi connectivity index (χ4n) is 1.40. The third kappa shape index (κ3) is 1.88. The molecule has 15 heavy (non-hydrogen) atoms. The van der Waals surface area contributed by atoms with Gasteiger partial charge in [-0.2, -0.15) is 0 Å².